The molecule has 3 unspecified atom stereocenters. The molecule has 0 aromatic rings. The van der Waals surface area contributed by atoms with E-state index in [4.69, 9.17) is 9.47 Å². The third-order valence-electron chi connectivity index (χ3n) is 6.86. The standard InChI is InChI=1S/C16H28O6/c1-15(2)8-4-5-16(15,3)10(6-8)22-14-13(20)12(19)11(18)9(7-17)21-14/h8-14,17-20H,4-7H2,1-3H3/t8?,9-,10?,11-,12+,13-,14+,16?/m1/s1. The van der Waals surface area contributed by atoms with Crippen molar-refractivity contribution >= 4 is 0 Å². The van der Waals surface area contributed by atoms with Gasteiger partial charge in [-0.15, -0.1) is 0 Å². The Bertz CT molecular complexity index is 425. The minimum absolute atomic E-state index is 0.0104. The second-order valence-electron chi connectivity index (χ2n) is 7.93. The van der Waals surface area contributed by atoms with Gasteiger partial charge in [-0.2, -0.15) is 0 Å². The lowest BCUT2D eigenvalue weighted by Crippen LogP contribution is -2.60. The molecule has 3 rings (SSSR count). The molecule has 0 amide bonds. The molecule has 6 heteroatoms. The summed E-state index contributed by atoms with van der Waals surface area (Å²) in [6.45, 7) is 6.32. The van der Waals surface area contributed by atoms with Crippen LogP contribution in [0.4, 0.5) is 0 Å². The second kappa shape index (κ2) is 5.40. The Kier molecular flexibility index (Phi) is 4.07. The van der Waals surface area contributed by atoms with Crippen LogP contribution >= 0.6 is 0 Å². The summed E-state index contributed by atoms with van der Waals surface area (Å²) in [6, 6.07) is 0. The molecule has 1 saturated heterocycles. The van der Waals surface area contributed by atoms with Crippen LogP contribution in [0.1, 0.15) is 40.0 Å². The molecule has 2 bridgehead atoms. The summed E-state index contributed by atoms with van der Waals surface area (Å²) in [7, 11) is 0. The first kappa shape index (κ1) is 16.6. The van der Waals surface area contributed by atoms with Crippen LogP contribution in [0.25, 0.3) is 0 Å². The molecule has 2 saturated carbocycles. The smallest absolute Gasteiger partial charge is 0.186 e. The van der Waals surface area contributed by atoms with E-state index in [1.54, 1.807) is 0 Å². The molecule has 2 aliphatic carbocycles. The fourth-order valence-corrected chi connectivity index (χ4v) is 4.68. The summed E-state index contributed by atoms with van der Waals surface area (Å²) in [5, 5.41) is 39.1. The molecule has 6 nitrogen and oxygen atoms in total. The molecule has 1 heterocycles. The molecular weight excluding hydrogens is 288 g/mol. The topological polar surface area (TPSA) is 99.4 Å². The lowest BCUT2D eigenvalue weighted by molar-refractivity contribution is -0.319. The molecule has 0 radical (unpaired) electrons. The van der Waals surface area contributed by atoms with Crippen molar-refractivity contribution in [2.75, 3.05) is 6.61 Å². The molecule has 0 aromatic carbocycles. The highest BCUT2D eigenvalue weighted by atomic mass is 16.7. The first-order valence-electron chi connectivity index (χ1n) is 8.18. The molecular formula is C16H28O6. The van der Waals surface area contributed by atoms with Crippen LogP contribution in [0.5, 0.6) is 0 Å². The highest BCUT2D eigenvalue weighted by Gasteiger charge is 2.63. The SMILES string of the molecule is CC1(C)C2CCC1(C)C(O[C@@H]1O[C@H](CO)[C@@H](O)[C@H](O)[C@H]1O)C2. The summed E-state index contributed by atoms with van der Waals surface area (Å²) >= 11 is 0. The van der Waals surface area contributed by atoms with Gasteiger partial charge in [-0.1, -0.05) is 20.8 Å². The van der Waals surface area contributed by atoms with Crippen molar-refractivity contribution in [3.63, 3.8) is 0 Å². The maximum Gasteiger partial charge on any atom is 0.186 e. The highest BCUT2D eigenvalue weighted by Crippen LogP contribution is 2.66. The van der Waals surface area contributed by atoms with Gasteiger partial charge in [0.25, 0.3) is 0 Å². The van der Waals surface area contributed by atoms with E-state index in [1.165, 1.54) is 6.42 Å². The van der Waals surface area contributed by atoms with Gasteiger partial charge in [-0.05, 0) is 36.0 Å². The molecule has 4 N–H and O–H groups in total. The van der Waals surface area contributed by atoms with Gasteiger partial charge in [0.1, 0.15) is 24.4 Å². The minimum atomic E-state index is -1.38. The molecule has 3 fully saturated rings. The fraction of sp³-hybridized carbons (Fsp3) is 1.00. The summed E-state index contributed by atoms with van der Waals surface area (Å²) in [5.41, 5.74) is 0.183. The van der Waals surface area contributed by atoms with E-state index >= 15 is 0 Å². The molecule has 0 aromatic heterocycles. The van der Waals surface area contributed by atoms with E-state index in [0.717, 1.165) is 12.8 Å². The van der Waals surface area contributed by atoms with Crippen molar-refractivity contribution in [2.24, 2.45) is 16.7 Å². The largest absolute Gasteiger partial charge is 0.394 e. The Morgan fingerprint density at radius 2 is 1.77 bits per heavy atom. The lowest BCUT2D eigenvalue weighted by Gasteiger charge is -2.44. The molecule has 22 heavy (non-hydrogen) atoms. The zero-order chi connectivity index (χ0) is 16.3. The average Bonchev–Trinajstić information content (AvgIpc) is 2.81. The minimum Gasteiger partial charge on any atom is -0.394 e. The van der Waals surface area contributed by atoms with E-state index in [-0.39, 0.29) is 16.9 Å². The zero-order valence-corrected chi connectivity index (χ0v) is 13.5. The first-order valence-corrected chi connectivity index (χ1v) is 8.18. The van der Waals surface area contributed by atoms with Crippen molar-refractivity contribution in [1.82, 2.24) is 0 Å². The highest BCUT2D eigenvalue weighted by molar-refractivity contribution is 5.11. The quantitative estimate of drug-likeness (QED) is 0.586. The molecule has 3 aliphatic rings. The van der Waals surface area contributed by atoms with E-state index in [0.29, 0.717) is 5.92 Å². The normalized spacial score (nSPS) is 53.9. The third-order valence-corrected chi connectivity index (χ3v) is 6.86. The van der Waals surface area contributed by atoms with Gasteiger partial charge in [0, 0.05) is 0 Å². The van der Waals surface area contributed by atoms with Gasteiger partial charge < -0.3 is 29.9 Å². The monoisotopic (exact) mass is 316 g/mol. The van der Waals surface area contributed by atoms with Crippen LogP contribution in [0.2, 0.25) is 0 Å². The van der Waals surface area contributed by atoms with E-state index < -0.39 is 37.3 Å². The Balaban J connectivity index is 1.74. The third kappa shape index (κ3) is 2.16. The Hall–Kier alpha value is -0.240. The number of fused-ring (bicyclic) bond motifs is 2. The predicted molar refractivity (Wildman–Crippen MR) is 77.9 cm³/mol. The Labute approximate surface area is 131 Å². The van der Waals surface area contributed by atoms with Crippen LogP contribution in [-0.4, -0.2) is 63.8 Å². The maximum atomic E-state index is 10.1. The summed E-state index contributed by atoms with van der Waals surface area (Å²) in [5.74, 6) is 0.590. The Morgan fingerprint density at radius 1 is 1.09 bits per heavy atom. The summed E-state index contributed by atoms with van der Waals surface area (Å²) < 4.78 is 11.5. The number of aliphatic hydroxyl groups is 4. The van der Waals surface area contributed by atoms with Gasteiger partial charge in [0.05, 0.1) is 12.7 Å². The van der Waals surface area contributed by atoms with Crippen molar-refractivity contribution in [3.05, 3.63) is 0 Å². The van der Waals surface area contributed by atoms with Crippen molar-refractivity contribution in [2.45, 2.75) is 76.8 Å². The van der Waals surface area contributed by atoms with Crippen LogP contribution in [0, 0.1) is 16.7 Å². The summed E-state index contributed by atoms with van der Waals surface area (Å²) in [6.07, 6.45) is -2.84. The molecule has 128 valence electrons. The van der Waals surface area contributed by atoms with Gasteiger partial charge in [0.15, 0.2) is 6.29 Å². The Morgan fingerprint density at radius 3 is 2.27 bits per heavy atom. The van der Waals surface area contributed by atoms with Gasteiger partial charge in [-0.25, -0.2) is 0 Å². The van der Waals surface area contributed by atoms with Crippen LogP contribution in [0.3, 0.4) is 0 Å². The van der Waals surface area contributed by atoms with Crippen molar-refractivity contribution in [1.29, 1.82) is 0 Å². The van der Waals surface area contributed by atoms with Crippen LogP contribution < -0.4 is 0 Å². The number of hydrogen-bond donors (Lipinski definition) is 4. The van der Waals surface area contributed by atoms with Crippen molar-refractivity contribution < 1.29 is 29.9 Å². The number of hydrogen-bond acceptors (Lipinski definition) is 6. The van der Waals surface area contributed by atoms with Crippen LogP contribution in [0.15, 0.2) is 0 Å². The van der Waals surface area contributed by atoms with Crippen molar-refractivity contribution in [3.8, 4) is 0 Å². The number of ether oxygens (including phenoxy) is 2. The number of rotatable bonds is 3. The molecule has 1 aliphatic heterocycles. The van der Waals surface area contributed by atoms with Gasteiger partial charge >= 0.3 is 0 Å². The van der Waals surface area contributed by atoms with E-state index in [2.05, 4.69) is 20.8 Å². The fourth-order valence-electron chi connectivity index (χ4n) is 4.68. The molecule has 0 spiro atoms. The second-order valence-corrected chi connectivity index (χ2v) is 7.93. The summed E-state index contributed by atoms with van der Waals surface area (Å²) in [4.78, 5) is 0. The van der Waals surface area contributed by atoms with Crippen LogP contribution in [-0.2, 0) is 9.47 Å². The maximum absolute atomic E-state index is 10.1. The average molecular weight is 316 g/mol. The number of aliphatic hydroxyl groups excluding tert-OH is 4. The van der Waals surface area contributed by atoms with E-state index in [9.17, 15) is 20.4 Å². The van der Waals surface area contributed by atoms with Gasteiger partial charge in [0.2, 0.25) is 0 Å². The first-order chi connectivity index (χ1) is 10.2. The van der Waals surface area contributed by atoms with E-state index in [1.807, 2.05) is 0 Å². The zero-order valence-electron chi connectivity index (χ0n) is 13.5. The lowest BCUT2D eigenvalue weighted by atomic mass is 9.70. The van der Waals surface area contributed by atoms with Gasteiger partial charge in [-0.3, -0.25) is 0 Å². The predicted octanol–water partition coefficient (Wildman–Crippen LogP) is 0.0177. The molecule has 8 atom stereocenters.